The Morgan fingerprint density at radius 3 is 1.77 bits per heavy atom. The van der Waals surface area contributed by atoms with Gasteiger partial charge >= 0.3 is 19.8 Å². The number of aliphatic hydroxyl groups excluding tert-OH is 4. The third kappa shape index (κ3) is 37.4. The first-order chi connectivity index (χ1) is 27.5. The fraction of sp³-hybridized carbons (Fsp3) is 0.682. The van der Waals surface area contributed by atoms with Crippen molar-refractivity contribution in [2.24, 2.45) is 0 Å². The molecule has 328 valence electrons. The lowest BCUT2D eigenvalue weighted by Gasteiger charge is -2.20. The second-order valence-electron chi connectivity index (χ2n) is 14.0. The summed E-state index contributed by atoms with van der Waals surface area (Å²) in [5.74, 6) is -1.24. The summed E-state index contributed by atoms with van der Waals surface area (Å²) >= 11 is 0. The topological polar surface area (TPSA) is 189 Å². The summed E-state index contributed by atoms with van der Waals surface area (Å²) in [6, 6.07) is 0. The maximum absolute atomic E-state index is 12.6. The summed E-state index contributed by atoms with van der Waals surface area (Å²) in [7, 11) is -4.71. The van der Waals surface area contributed by atoms with Crippen LogP contribution in [0.3, 0.4) is 0 Å². The van der Waals surface area contributed by atoms with Crippen LogP contribution in [-0.2, 0) is 32.7 Å². The minimum Gasteiger partial charge on any atom is -0.462 e. The zero-order chi connectivity index (χ0) is 42.2. The summed E-state index contributed by atoms with van der Waals surface area (Å²) in [5, 5.41) is 39.0. The maximum Gasteiger partial charge on any atom is 0.472 e. The van der Waals surface area contributed by atoms with Gasteiger partial charge < -0.3 is 34.8 Å². The molecule has 57 heavy (non-hydrogen) atoms. The highest BCUT2D eigenvalue weighted by atomic mass is 31.2. The molecule has 0 aromatic carbocycles. The molecule has 0 spiro atoms. The molecule has 0 saturated heterocycles. The lowest BCUT2D eigenvalue weighted by atomic mass is 10.0. The highest BCUT2D eigenvalue weighted by molar-refractivity contribution is 7.47. The molecule has 13 heteroatoms. The zero-order valence-electron chi connectivity index (χ0n) is 34.7. The Labute approximate surface area is 343 Å². The standard InChI is InChI=1S/C44H75O12P/c1-3-5-7-9-11-13-15-17-18-19-21-23-25-27-29-33-43(49)53-37-40(38-55-57(51,52)54-36-39(46)35-45)56-44(50)34-30-32-42(48)41(47)31-28-26-24-22-20-16-14-12-10-8-6-4-2/h6,8,12-15,17-18,20,22,26,28,39-42,45-48H,3-5,7,9-11,16,19,21,23-25,27,29-38H2,1-2H3,(H,51,52)/b8-6-,14-12-,15-13-,18-17-,22-20-,28-26-/t39-,40+,41+,42+/m0/s1. The molecule has 1 unspecified atom stereocenters. The van der Waals surface area contributed by atoms with E-state index in [0.29, 0.717) is 12.8 Å². The number of aliphatic hydroxyl groups is 4. The van der Waals surface area contributed by atoms with E-state index in [0.717, 1.165) is 57.8 Å². The van der Waals surface area contributed by atoms with Crippen LogP contribution in [0.4, 0.5) is 0 Å². The van der Waals surface area contributed by atoms with Crippen molar-refractivity contribution in [1.82, 2.24) is 0 Å². The molecule has 0 aromatic rings. The largest absolute Gasteiger partial charge is 0.472 e. The Balaban J connectivity index is 4.62. The molecule has 0 aliphatic heterocycles. The second kappa shape index (κ2) is 38.8. The van der Waals surface area contributed by atoms with Crippen LogP contribution in [0, 0.1) is 0 Å². The van der Waals surface area contributed by atoms with E-state index in [4.69, 9.17) is 19.1 Å². The van der Waals surface area contributed by atoms with Crippen LogP contribution in [0.5, 0.6) is 0 Å². The van der Waals surface area contributed by atoms with Crippen LogP contribution in [-0.4, -0.2) is 88.1 Å². The van der Waals surface area contributed by atoms with Gasteiger partial charge in [0.05, 0.1) is 32.0 Å². The average molecular weight is 827 g/mol. The third-order valence-corrected chi connectivity index (χ3v) is 9.52. The smallest absolute Gasteiger partial charge is 0.462 e. The fourth-order valence-corrected chi connectivity index (χ4v) is 5.98. The predicted molar refractivity (Wildman–Crippen MR) is 226 cm³/mol. The molecule has 5 atom stereocenters. The van der Waals surface area contributed by atoms with Crippen molar-refractivity contribution in [3.8, 4) is 0 Å². The van der Waals surface area contributed by atoms with E-state index in [1.165, 1.54) is 25.7 Å². The van der Waals surface area contributed by atoms with Gasteiger partial charge in [-0.05, 0) is 77.0 Å². The predicted octanol–water partition coefficient (Wildman–Crippen LogP) is 8.83. The molecular weight excluding hydrogens is 751 g/mol. The van der Waals surface area contributed by atoms with Crippen LogP contribution in [0.15, 0.2) is 72.9 Å². The number of rotatable bonds is 38. The molecule has 0 saturated carbocycles. The number of phosphoric ester groups is 1. The Kier molecular flexibility index (Phi) is 37.0. The minimum atomic E-state index is -4.71. The quantitative estimate of drug-likeness (QED) is 0.0131. The van der Waals surface area contributed by atoms with Crippen molar-refractivity contribution in [2.75, 3.05) is 26.4 Å². The molecule has 5 N–H and O–H groups in total. The SMILES string of the molecule is CC/C=C\C/C=C\C/C=C\C/C=C\C[C@@H](O)[C@H](O)CCCC(=O)O[C@H](COC(=O)CCCCCCC/C=C\C=C/CCCCCC)COP(=O)(O)OC[C@@H](O)CO. The summed E-state index contributed by atoms with van der Waals surface area (Å²) in [5.41, 5.74) is 0. The number of hydrogen-bond acceptors (Lipinski definition) is 11. The zero-order valence-corrected chi connectivity index (χ0v) is 35.6. The van der Waals surface area contributed by atoms with Gasteiger partial charge in [0.1, 0.15) is 12.7 Å². The Morgan fingerprint density at radius 1 is 0.614 bits per heavy atom. The lowest BCUT2D eigenvalue weighted by Crippen LogP contribution is -2.30. The molecule has 0 fully saturated rings. The number of carbonyl (C=O) groups is 2. The molecular formula is C44H75O12P. The van der Waals surface area contributed by atoms with Gasteiger partial charge in [0.15, 0.2) is 6.10 Å². The number of unbranched alkanes of at least 4 members (excludes halogenated alkanes) is 9. The highest BCUT2D eigenvalue weighted by Crippen LogP contribution is 2.43. The third-order valence-electron chi connectivity index (χ3n) is 8.57. The van der Waals surface area contributed by atoms with Crippen molar-refractivity contribution < 1.29 is 58.0 Å². The minimum absolute atomic E-state index is 0.125. The molecule has 0 aliphatic carbocycles. The average Bonchev–Trinajstić information content (AvgIpc) is 3.19. The van der Waals surface area contributed by atoms with E-state index < -0.39 is 70.6 Å². The van der Waals surface area contributed by atoms with Gasteiger partial charge in [-0.2, -0.15) is 0 Å². The Bertz CT molecular complexity index is 1210. The molecule has 0 bridgehead atoms. The van der Waals surface area contributed by atoms with E-state index in [1.807, 2.05) is 12.2 Å². The molecule has 0 aliphatic rings. The van der Waals surface area contributed by atoms with Crippen LogP contribution >= 0.6 is 7.82 Å². The summed E-state index contributed by atoms with van der Waals surface area (Å²) in [6.45, 7) is 1.87. The van der Waals surface area contributed by atoms with Crippen LogP contribution < -0.4 is 0 Å². The van der Waals surface area contributed by atoms with Gasteiger partial charge in [0.25, 0.3) is 0 Å². The number of allylic oxidation sites excluding steroid dienone is 11. The van der Waals surface area contributed by atoms with Gasteiger partial charge in [-0.3, -0.25) is 18.6 Å². The van der Waals surface area contributed by atoms with Crippen molar-refractivity contribution in [3.63, 3.8) is 0 Å². The van der Waals surface area contributed by atoms with Crippen molar-refractivity contribution in [2.45, 2.75) is 167 Å². The van der Waals surface area contributed by atoms with Gasteiger partial charge in [0.2, 0.25) is 0 Å². The summed E-state index contributed by atoms with van der Waals surface area (Å²) < 4.78 is 32.5. The molecule has 0 heterocycles. The number of esters is 2. The summed E-state index contributed by atoms with van der Waals surface area (Å²) in [4.78, 5) is 35.0. The lowest BCUT2D eigenvalue weighted by molar-refractivity contribution is -0.161. The van der Waals surface area contributed by atoms with Crippen molar-refractivity contribution >= 4 is 19.8 Å². The first kappa shape index (κ1) is 54.3. The summed E-state index contributed by atoms with van der Waals surface area (Å²) in [6.07, 6.45) is 36.1. The molecule has 0 rings (SSSR count). The van der Waals surface area contributed by atoms with E-state index in [2.05, 4.69) is 73.1 Å². The second-order valence-corrected chi connectivity index (χ2v) is 15.4. The number of hydrogen-bond donors (Lipinski definition) is 5. The molecule has 0 aromatic heterocycles. The fourth-order valence-electron chi connectivity index (χ4n) is 5.19. The highest BCUT2D eigenvalue weighted by Gasteiger charge is 2.27. The first-order valence-corrected chi connectivity index (χ1v) is 22.6. The van der Waals surface area contributed by atoms with Crippen molar-refractivity contribution in [1.29, 1.82) is 0 Å². The monoisotopic (exact) mass is 826 g/mol. The van der Waals surface area contributed by atoms with Gasteiger partial charge in [0, 0.05) is 12.8 Å². The van der Waals surface area contributed by atoms with E-state index >= 15 is 0 Å². The first-order valence-electron chi connectivity index (χ1n) is 21.1. The van der Waals surface area contributed by atoms with Gasteiger partial charge in [-0.25, -0.2) is 4.57 Å². The maximum atomic E-state index is 12.6. The van der Waals surface area contributed by atoms with Crippen LogP contribution in [0.25, 0.3) is 0 Å². The Morgan fingerprint density at radius 2 is 1.16 bits per heavy atom. The number of carbonyl (C=O) groups excluding carboxylic acids is 2. The molecule has 12 nitrogen and oxygen atoms in total. The van der Waals surface area contributed by atoms with Crippen molar-refractivity contribution in [3.05, 3.63) is 72.9 Å². The molecule has 0 amide bonds. The van der Waals surface area contributed by atoms with Crippen LogP contribution in [0.2, 0.25) is 0 Å². The normalized spacial score (nSPS) is 15.7. The van der Waals surface area contributed by atoms with Crippen LogP contribution in [0.1, 0.15) is 142 Å². The van der Waals surface area contributed by atoms with Gasteiger partial charge in [-0.15, -0.1) is 0 Å². The van der Waals surface area contributed by atoms with E-state index in [1.54, 1.807) is 6.08 Å². The van der Waals surface area contributed by atoms with E-state index in [9.17, 15) is 34.4 Å². The molecule has 0 radical (unpaired) electrons. The number of phosphoric acid groups is 1. The van der Waals surface area contributed by atoms with Gasteiger partial charge in [-0.1, -0.05) is 125 Å². The van der Waals surface area contributed by atoms with E-state index in [-0.39, 0.29) is 32.1 Å². The number of ether oxygens (including phenoxy) is 2. The Hall–Kier alpha value is -2.67.